The van der Waals surface area contributed by atoms with E-state index in [0.29, 0.717) is 0 Å². The molecule has 0 bridgehead atoms. The van der Waals surface area contributed by atoms with E-state index < -0.39 is 0 Å². The van der Waals surface area contributed by atoms with Crippen LogP contribution in [0, 0.1) is 6.42 Å². The van der Waals surface area contributed by atoms with Crippen LogP contribution in [0.1, 0.15) is 19.3 Å². The van der Waals surface area contributed by atoms with Gasteiger partial charge in [0, 0.05) is 0 Å². The molecular formula is C12H15. The molecule has 1 radical (unpaired) electrons. The fraction of sp³-hybridized carbons (Fsp3) is 0.250. The van der Waals surface area contributed by atoms with Crippen LogP contribution < -0.4 is 0 Å². The summed E-state index contributed by atoms with van der Waals surface area (Å²) in [6.07, 6.45) is 22.5. The van der Waals surface area contributed by atoms with Gasteiger partial charge in [0.1, 0.15) is 0 Å². The molecule has 1 rings (SSSR count). The summed E-state index contributed by atoms with van der Waals surface area (Å²) < 4.78 is 0. The lowest BCUT2D eigenvalue weighted by Gasteiger charge is -1.88. The predicted octanol–water partition coefficient (Wildman–Crippen LogP) is 3.60. The highest BCUT2D eigenvalue weighted by molar-refractivity contribution is 5.09. The second-order valence-corrected chi connectivity index (χ2v) is 2.70. The van der Waals surface area contributed by atoms with Crippen molar-refractivity contribution in [1.29, 1.82) is 0 Å². The summed E-state index contributed by atoms with van der Waals surface area (Å²) in [5.41, 5.74) is 0. The molecule has 0 fully saturated rings. The lowest BCUT2D eigenvalue weighted by atomic mass is 10.2. The minimum absolute atomic E-state index is 1.03. The average molecular weight is 159 g/mol. The molecule has 0 spiro atoms. The van der Waals surface area contributed by atoms with Crippen molar-refractivity contribution in [1.82, 2.24) is 0 Å². The summed E-state index contributed by atoms with van der Waals surface area (Å²) in [5.74, 6) is 0. The molecule has 0 aromatic rings. The third-order valence-electron chi connectivity index (χ3n) is 1.64. The van der Waals surface area contributed by atoms with Gasteiger partial charge in [-0.25, -0.2) is 0 Å². The van der Waals surface area contributed by atoms with E-state index >= 15 is 0 Å². The van der Waals surface area contributed by atoms with Gasteiger partial charge in [-0.15, -0.1) is 0 Å². The topological polar surface area (TPSA) is 0 Å². The number of rotatable bonds is 0. The zero-order chi connectivity index (χ0) is 8.49. The summed E-state index contributed by atoms with van der Waals surface area (Å²) >= 11 is 0. The predicted molar refractivity (Wildman–Crippen MR) is 54.7 cm³/mol. The largest absolute Gasteiger partial charge is 0.0876 e. The van der Waals surface area contributed by atoms with Gasteiger partial charge >= 0.3 is 0 Å². The molecule has 0 amide bonds. The van der Waals surface area contributed by atoms with Crippen LogP contribution in [0.2, 0.25) is 0 Å². The Bertz CT molecular complexity index is 180. The van der Waals surface area contributed by atoms with E-state index in [1.807, 2.05) is 0 Å². The average Bonchev–Trinajstić information content (AvgIpc) is 2.05. The number of hydrogen-bond acceptors (Lipinski definition) is 0. The van der Waals surface area contributed by atoms with Crippen LogP contribution in [0.15, 0.2) is 48.6 Å². The normalized spacial score (nSPS) is 29.3. The monoisotopic (exact) mass is 159 g/mol. The molecule has 0 aliphatic heterocycles. The van der Waals surface area contributed by atoms with Crippen LogP contribution in [-0.2, 0) is 0 Å². The Morgan fingerprint density at radius 2 is 1.08 bits per heavy atom. The lowest BCUT2D eigenvalue weighted by Crippen LogP contribution is -1.68. The zero-order valence-corrected chi connectivity index (χ0v) is 7.32. The third-order valence-corrected chi connectivity index (χ3v) is 1.64. The molecule has 0 N–H and O–H groups in total. The molecule has 0 aromatic heterocycles. The van der Waals surface area contributed by atoms with Crippen molar-refractivity contribution in [3.8, 4) is 0 Å². The van der Waals surface area contributed by atoms with E-state index in [-0.39, 0.29) is 0 Å². The Labute approximate surface area is 75.0 Å². The van der Waals surface area contributed by atoms with Crippen LogP contribution in [0.5, 0.6) is 0 Å². The van der Waals surface area contributed by atoms with Gasteiger partial charge in [-0.2, -0.15) is 0 Å². The molecule has 1 aliphatic rings. The maximum Gasteiger partial charge on any atom is -0.0133 e. The molecule has 0 aromatic carbocycles. The van der Waals surface area contributed by atoms with Crippen LogP contribution in [0.4, 0.5) is 0 Å². The summed E-state index contributed by atoms with van der Waals surface area (Å²) in [6.45, 7) is 0. The maximum atomic E-state index is 2.19. The van der Waals surface area contributed by atoms with Gasteiger partial charge in [-0.3, -0.25) is 0 Å². The van der Waals surface area contributed by atoms with E-state index in [0.717, 1.165) is 19.3 Å². The first-order valence-corrected chi connectivity index (χ1v) is 4.45. The molecule has 0 heteroatoms. The highest BCUT2D eigenvalue weighted by Gasteiger charge is 1.78. The lowest BCUT2D eigenvalue weighted by molar-refractivity contribution is 1.23. The minimum Gasteiger partial charge on any atom is -0.0876 e. The van der Waals surface area contributed by atoms with Crippen LogP contribution >= 0.6 is 0 Å². The van der Waals surface area contributed by atoms with Crippen molar-refractivity contribution in [3.05, 3.63) is 55.0 Å². The minimum atomic E-state index is 1.03. The fourth-order valence-electron chi connectivity index (χ4n) is 0.996. The van der Waals surface area contributed by atoms with Crippen molar-refractivity contribution in [2.75, 3.05) is 0 Å². The van der Waals surface area contributed by atoms with E-state index in [9.17, 15) is 0 Å². The molecule has 0 atom stereocenters. The highest BCUT2D eigenvalue weighted by Crippen LogP contribution is 1.97. The molecule has 1 aliphatic carbocycles. The van der Waals surface area contributed by atoms with Gasteiger partial charge < -0.3 is 0 Å². The standard InChI is InChI=1S/C12H15/c1-2-4-6-8-10-12-11-9-7-5-3-1/h1-4,7-11H,5-6,12H2/b3-1-,4-2+,9-7+,10-8+. The van der Waals surface area contributed by atoms with Crippen molar-refractivity contribution in [2.24, 2.45) is 0 Å². The van der Waals surface area contributed by atoms with Gasteiger partial charge in [-0.1, -0.05) is 48.6 Å². The van der Waals surface area contributed by atoms with Gasteiger partial charge in [0.15, 0.2) is 0 Å². The van der Waals surface area contributed by atoms with Gasteiger partial charge in [0.2, 0.25) is 0 Å². The molecule has 0 nitrogen and oxygen atoms in total. The van der Waals surface area contributed by atoms with Gasteiger partial charge in [0.25, 0.3) is 0 Å². The quantitative estimate of drug-likeness (QED) is 0.474. The van der Waals surface area contributed by atoms with Gasteiger partial charge in [-0.05, 0) is 25.7 Å². The summed E-state index contributed by atoms with van der Waals surface area (Å²) in [4.78, 5) is 0. The SMILES string of the molecule is [CH]1/C=C/C/C=C\C=C\C/C=C/C1. The summed E-state index contributed by atoms with van der Waals surface area (Å²) in [7, 11) is 0. The number of hydrogen-bond donors (Lipinski definition) is 0. The second-order valence-electron chi connectivity index (χ2n) is 2.70. The maximum absolute atomic E-state index is 2.19. The number of allylic oxidation sites excluding steroid dienone is 8. The molecule has 63 valence electrons. The van der Waals surface area contributed by atoms with Crippen molar-refractivity contribution in [2.45, 2.75) is 19.3 Å². The van der Waals surface area contributed by atoms with Crippen LogP contribution in [-0.4, -0.2) is 0 Å². The molecule has 12 heavy (non-hydrogen) atoms. The Hall–Kier alpha value is -1.04. The smallest absolute Gasteiger partial charge is 0.0133 e. The Balaban J connectivity index is 2.41. The van der Waals surface area contributed by atoms with Crippen LogP contribution in [0.3, 0.4) is 0 Å². The Morgan fingerprint density at radius 3 is 1.92 bits per heavy atom. The molecule has 0 heterocycles. The highest BCUT2D eigenvalue weighted by atomic mass is 13.8. The Morgan fingerprint density at radius 1 is 0.500 bits per heavy atom. The first-order valence-electron chi connectivity index (χ1n) is 4.45. The third kappa shape index (κ3) is 4.73. The molecule has 0 saturated carbocycles. The Kier molecular flexibility index (Phi) is 5.02. The summed E-state index contributed by atoms with van der Waals surface area (Å²) in [5, 5.41) is 0. The van der Waals surface area contributed by atoms with Crippen molar-refractivity contribution in [3.63, 3.8) is 0 Å². The zero-order valence-electron chi connectivity index (χ0n) is 7.32. The molecular weight excluding hydrogens is 144 g/mol. The van der Waals surface area contributed by atoms with E-state index in [4.69, 9.17) is 0 Å². The summed E-state index contributed by atoms with van der Waals surface area (Å²) in [6, 6.07) is 0. The van der Waals surface area contributed by atoms with E-state index in [1.54, 1.807) is 0 Å². The van der Waals surface area contributed by atoms with Crippen molar-refractivity contribution < 1.29 is 0 Å². The van der Waals surface area contributed by atoms with E-state index in [2.05, 4.69) is 55.0 Å². The fourth-order valence-corrected chi connectivity index (χ4v) is 0.996. The molecule has 0 saturated heterocycles. The first kappa shape index (κ1) is 9.05. The molecule has 0 unspecified atom stereocenters. The second kappa shape index (κ2) is 6.66. The van der Waals surface area contributed by atoms with Crippen LogP contribution in [0.25, 0.3) is 0 Å². The first-order chi connectivity index (χ1) is 6.00. The van der Waals surface area contributed by atoms with E-state index in [1.165, 1.54) is 0 Å². The van der Waals surface area contributed by atoms with Gasteiger partial charge in [0.05, 0.1) is 0 Å². The van der Waals surface area contributed by atoms with Crippen molar-refractivity contribution >= 4 is 0 Å².